The number of likely N-dealkylation sites (tertiary alicyclic amines) is 1. The van der Waals surface area contributed by atoms with Crippen LogP contribution in [-0.4, -0.2) is 60.5 Å². The van der Waals surface area contributed by atoms with Gasteiger partial charge in [-0.15, -0.1) is 0 Å². The third-order valence-corrected chi connectivity index (χ3v) is 4.88. The van der Waals surface area contributed by atoms with E-state index in [9.17, 15) is 9.59 Å². The molecule has 6 heteroatoms. The zero-order valence-electron chi connectivity index (χ0n) is 13.7. The van der Waals surface area contributed by atoms with Gasteiger partial charge in [0.1, 0.15) is 0 Å². The summed E-state index contributed by atoms with van der Waals surface area (Å²) in [6.07, 6.45) is 5.78. The molecule has 3 heterocycles. The highest BCUT2D eigenvalue weighted by atomic mass is 16.5. The van der Waals surface area contributed by atoms with E-state index >= 15 is 0 Å². The number of carbonyl (C=O) groups excluding carboxylic acids is 2. The van der Waals surface area contributed by atoms with Crippen molar-refractivity contribution in [1.82, 2.24) is 14.8 Å². The number of hydrogen-bond donors (Lipinski definition) is 0. The highest BCUT2D eigenvalue weighted by Gasteiger charge is 2.30. The summed E-state index contributed by atoms with van der Waals surface area (Å²) in [5.74, 6) is -0.207. The number of pyridine rings is 1. The SMILES string of the molecule is COC(=O)C1CCN(C(=O)c2cncc3c2CCN(C)C3)CC1. The number of carbonyl (C=O) groups is 2. The summed E-state index contributed by atoms with van der Waals surface area (Å²) < 4.78 is 4.80. The molecule has 1 amide bonds. The maximum atomic E-state index is 12.9. The van der Waals surface area contributed by atoms with Crippen molar-refractivity contribution in [3.63, 3.8) is 0 Å². The topological polar surface area (TPSA) is 62.7 Å². The highest BCUT2D eigenvalue weighted by Crippen LogP contribution is 2.24. The molecule has 0 bridgehead atoms. The van der Waals surface area contributed by atoms with Crippen LogP contribution in [-0.2, 0) is 22.5 Å². The normalized spacial score (nSPS) is 19.3. The Morgan fingerprint density at radius 2 is 1.96 bits per heavy atom. The average molecular weight is 317 g/mol. The lowest BCUT2D eigenvalue weighted by Gasteiger charge is -2.32. The first-order chi connectivity index (χ1) is 11.1. The largest absolute Gasteiger partial charge is 0.469 e. The molecule has 1 fully saturated rings. The first-order valence-electron chi connectivity index (χ1n) is 8.11. The van der Waals surface area contributed by atoms with Gasteiger partial charge in [-0.2, -0.15) is 0 Å². The standard InChI is InChI=1S/C17H23N3O3/c1-19-6-5-14-13(11-19)9-18-10-15(14)16(21)20-7-3-12(4-8-20)17(22)23-2/h9-10,12H,3-8,11H2,1-2H3. The highest BCUT2D eigenvalue weighted by molar-refractivity contribution is 5.96. The second-order valence-electron chi connectivity index (χ2n) is 6.40. The van der Waals surface area contributed by atoms with Gasteiger partial charge in [-0.05, 0) is 37.4 Å². The molecule has 0 N–H and O–H groups in total. The molecule has 6 nitrogen and oxygen atoms in total. The molecule has 0 atom stereocenters. The lowest BCUT2D eigenvalue weighted by Crippen LogP contribution is -2.41. The van der Waals surface area contributed by atoms with Crippen LogP contribution < -0.4 is 0 Å². The van der Waals surface area contributed by atoms with Crippen molar-refractivity contribution in [2.75, 3.05) is 33.8 Å². The number of methoxy groups -OCH3 is 1. The van der Waals surface area contributed by atoms with E-state index in [1.807, 2.05) is 11.1 Å². The number of piperidine rings is 1. The van der Waals surface area contributed by atoms with Crippen LogP contribution in [0.3, 0.4) is 0 Å². The molecule has 23 heavy (non-hydrogen) atoms. The summed E-state index contributed by atoms with van der Waals surface area (Å²) in [4.78, 5) is 32.8. The minimum Gasteiger partial charge on any atom is -0.469 e. The molecule has 0 aliphatic carbocycles. The molecule has 0 saturated carbocycles. The Bertz CT molecular complexity index is 609. The van der Waals surface area contributed by atoms with Gasteiger partial charge in [0.25, 0.3) is 5.91 Å². The number of ether oxygens (including phenoxy) is 1. The summed E-state index contributed by atoms with van der Waals surface area (Å²) >= 11 is 0. The van der Waals surface area contributed by atoms with Gasteiger partial charge >= 0.3 is 5.97 Å². The number of fused-ring (bicyclic) bond motifs is 1. The second-order valence-corrected chi connectivity index (χ2v) is 6.40. The van der Waals surface area contributed by atoms with Crippen molar-refractivity contribution in [3.05, 3.63) is 29.1 Å². The van der Waals surface area contributed by atoms with Crippen molar-refractivity contribution >= 4 is 11.9 Å². The van der Waals surface area contributed by atoms with Gasteiger partial charge < -0.3 is 14.5 Å². The molecule has 1 saturated heterocycles. The van der Waals surface area contributed by atoms with E-state index in [2.05, 4.69) is 16.9 Å². The van der Waals surface area contributed by atoms with Crippen LogP contribution in [0.2, 0.25) is 0 Å². The van der Waals surface area contributed by atoms with Gasteiger partial charge in [0.2, 0.25) is 0 Å². The summed E-state index contributed by atoms with van der Waals surface area (Å²) in [7, 11) is 3.49. The van der Waals surface area contributed by atoms with Gasteiger partial charge in [-0.3, -0.25) is 14.6 Å². The Kier molecular flexibility index (Phi) is 4.61. The number of rotatable bonds is 2. The molecule has 0 spiro atoms. The number of likely N-dealkylation sites (N-methyl/N-ethyl adjacent to an activating group) is 1. The van der Waals surface area contributed by atoms with Gasteiger partial charge in [0, 0.05) is 38.6 Å². The van der Waals surface area contributed by atoms with E-state index in [1.54, 1.807) is 6.20 Å². The molecular formula is C17H23N3O3. The van der Waals surface area contributed by atoms with Crippen molar-refractivity contribution in [2.45, 2.75) is 25.8 Å². The van der Waals surface area contributed by atoms with Crippen molar-refractivity contribution < 1.29 is 14.3 Å². The van der Waals surface area contributed by atoms with E-state index in [0.29, 0.717) is 25.9 Å². The van der Waals surface area contributed by atoms with Crippen LogP contribution in [0.4, 0.5) is 0 Å². The molecule has 0 aromatic carbocycles. The predicted octanol–water partition coefficient (Wildman–Crippen LogP) is 1.09. The van der Waals surface area contributed by atoms with Gasteiger partial charge in [0.05, 0.1) is 18.6 Å². The Morgan fingerprint density at radius 1 is 1.22 bits per heavy atom. The number of amides is 1. The van der Waals surface area contributed by atoms with Crippen molar-refractivity contribution in [2.24, 2.45) is 5.92 Å². The Labute approximate surface area is 136 Å². The number of hydrogen-bond acceptors (Lipinski definition) is 5. The van der Waals surface area contributed by atoms with E-state index < -0.39 is 0 Å². The quantitative estimate of drug-likeness (QED) is 0.764. The molecule has 0 unspecified atom stereocenters. The van der Waals surface area contributed by atoms with Gasteiger partial charge in [-0.25, -0.2) is 0 Å². The molecule has 124 valence electrons. The smallest absolute Gasteiger partial charge is 0.308 e. The molecule has 1 aromatic heterocycles. The summed E-state index contributed by atoms with van der Waals surface area (Å²) in [5.41, 5.74) is 3.01. The molecule has 0 radical (unpaired) electrons. The van der Waals surface area contributed by atoms with Gasteiger partial charge in [0.15, 0.2) is 0 Å². The van der Waals surface area contributed by atoms with Crippen LogP contribution in [0.15, 0.2) is 12.4 Å². The number of aromatic nitrogens is 1. The molecule has 3 rings (SSSR count). The average Bonchev–Trinajstić information content (AvgIpc) is 2.59. The lowest BCUT2D eigenvalue weighted by atomic mass is 9.94. The third kappa shape index (κ3) is 3.22. The summed E-state index contributed by atoms with van der Waals surface area (Å²) in [6, 6.07) is 0. The molecule has 1 aromatic rings. The zero-order valence-corrected chi connectivity index (χ0v) is 13.7. The van der Waals surface area contributed by atoms with Crippen molar-refractivity contribution in [3.8, 4) is 0 Å². The Hall–Kier alpha value is -1.95. The van der Waals surface area contributed by atoms with Crippen LogP contribution in [0, 0.1) is 5.92 Å². The minimum absolute atomic E-state index is 0.0437. The van der Waals surface area contributed by atoms with Crippen LogP contribution >= 0.6 is 0 Å². The van der Waals surface area contributed by atoms with E-state index in [4.69, 9.17) is 4.74 Å². The van der Waals surface area contributed by atoms with Crippen LogP contribution in [0.1, 0.15) is 34.3 Å². The van der Waals surface area contributed by atoms with Crippen molar-refractivity contribution in [1.29, 1.82) is 0 Å². The first-order valence-corrected chi connectivity index (χ1v) is 8.11. The van der Waals surface area contributed by atoms with E-state index in [-0.39, 0.29) is 17.8 Å². The summed E-state index contributed by atoms with van der Waals surface area (Å²) in [5, 5.41) is 0. The predicted molar refractivity (Wildman–Crippen MR) is 84.9 cm³/mol. The lowest BCUT2D eigenvalue weighted by molar-refractivity contribution is -0.146. The molecule has 2 aliphatic heterocycles. The van der Waals surface area contributed by atoms with E-state index in [1.165, 1.54) is 7.11 Å². The fraction of sp³-hybridized carbons (Fsp3) is 0.588. The monoisotopic (exact) mass is 317 g/mol. The fourth-order valence-corrected chi connectivity index (χ4v) is 3.47. The van der Waals surface area contributed by atoms with Crippen LogP contribution in [0.25, 0.3) is 0 Å². The molecular weight excluding hydrogens is 294 g/mol. The number of nitrogens with zero attached hydrogens (tertiary/aromatic N) is 3. The van der Waals surface area contributed by atoms with Crippen LogP contribution in [0.5, 0.6) is 0 Å². The third-order valence-electron chi connectivity index (χ3n) is 4.88. The zero-order chi connectivity index (χ0) is 16.4. The number of esters is 1. The Balaban J connectivity index is 1.73. The summed E-state index contributed by atoms with van der Waals surface area (Å²) in [6.45, 7) is 3.00. The second kappa shape index (κ2) is 6.66. The minimum atomic E-state index is -0.168. The maximum absolute atomic E-state index is 12.9. The Morgan fingerprint density at radius 3 is 2.65 bits per heavy atom. The molecule has 2 aliphatic rings. The first kappa shape index (κ1) is 15.9. The van der Waals surface area contributed by atoms with Gasteiger partial charge in [-0.1, -0.05) is 0 Å². The fourth-order valence-electron chi connectivity index (χ4n) is 3.47. The van der Waals surface area contributed by atoms with E-state index in [0.717, 1.165) is 36.2 Å². The maximum Gasteiger partial charge on any atom is 0.308 e.